The second-order valence-electron chi connectivity index (χ2n) is 9.01. The molecule has 0 aliphatic carbocycles. The highest BCUT2D eigenvalue weighted by atomic mass is 32.2. The number of rotatable bonds is 9. The van der Waals surface area contributed by atoms with E-state index in [1.807, 2.05) is 41.5 Å². The molecule has 0 spiro atoms. The van der Waals surface area contributed by atoms with Crippen molar-refractivity contribution >= 4 is 16.9 Å². The molecular formula is C29H33F3O5S. The third-order valence-electron chi connectivity index (χ3n) is 4.53. The van der Waals surface area contributed by atoms with Gasteiger partial charge in [-0.25, -0.2) is 0 Å². The predicted molar refractivity (Wildman–Crippen MR) is 140 cm³/mol. The van der Waals surface area contributed by atoms with Gasteiger partial charge < -0.3 is 24.1 Å². The second-order valence-corrected chi connectivity index (χ2v) is 11.0. The van der Waals surface area contributed by atoms with Crippen LogP contribution in [-0.4, -0.2) is 30.5 Å². The molecule has 3 rings (SSSR count). The average Bonchev–Trinajstić information content (AvgIpc) is 2.81. The summed E-state index contributed by atoms with van der Waals surface area (Å²) in [6.45, 7) is 12.3. The number of hydrogen-bond acceptors (Lipinski definition) is 5. The third-order valence-corrected chi connectivity index (χ3v) is 6.76. The van der Waals surface area contributed by atoms with Gasteiger partial charge >= 0.3 is 6.18 Å². The molecule has 0 bridgehead atoms. The van der Waals surface area contributed by atoms with Crippen LogP contribution >= 0.6 is 0 Å². The number of carboxylic acids is 1. The Morgan fingerprint density at radius 2 is 0.816 bits per heavy atom. The molecule has 0 unspecified atom stereocenters. The SMILES string of the molecule is CC(C)Oc1ccc([S+](c2ccc(OC(C)C)cc2)c2ccc(OC(C)C)cc2)cc1.O=C([O-])C(F)(F)F. The quantitative estimate of drug-likeness (QED) is 0.287. The fourth-order valence-electron chi connectivity index (χ4n) is 3.19. The van der Waals surface area contributed by atoms with E-state index >= 15 is 0 Å². The minimum Gasteiger partial charge on any atom is -0.542 e. The minimum absolute atomic E-state index is 0.158. The largest absolute Gasteiger partial charge is 0.542 e. The van der Waals surface area contributed by atoms with Crippen LogP contribution < -0.4 is 19.3 Å². The van der Waals surface area contributed by atoms with Gasteiger partial charge in [0.05, 0.1) is 29.2 Å². The van der Waals surface area contributed by atoms with Crippen molar-refractivity contribution in [2.75, 3.05) is 0 Å². The highest BCUT2D eigenvalue weighted by molar-refractivity contribution is 7.97. The Morgan fingerprint density at radius 3 is 0.974 bits per heavy atom. The fraction of sp³-hybridized carbons (Fsp3) is 0.345. The first-order valence-corrected chi connectivity index (χ1v) is 13.3. The summed E-state index contributed by atoms with van der Waals surface area (Å²) in [7, 11) is -0.244. The van der Waals surface area contributed by atoms with Gasteiger partial charge in [0.15, 0.2) is 14.7 Å². The van der Waals surface area contributed by atoms with Crippen molar-refractivity contribution in [1.29, 1.82) is 0 Å². The summed E-state index contributed by atoms with van der Waals surface area (Å²) in [5, 5.41) is 8.78. The van der Waals surface area contributed by atoms with Gasteiger partial charge in [0.1, 0.15) is 23.2 Å². The van der Waals surface area contributed by atoms with Crippen molar-refractivity contribution in [1.82, 2.24) is 0 Å². The Morgan fingerprint density at radius 1 is 0.605 bits per heavy atom. The van der Waals surface area contributed by atoms with Gasteiger partial charge in [0.2, 0.25) is 0 Å². The van der Waals surface area contributed by atoms with Crippen LogP contribution in [0.1, 0.15) is 41.5 Å². The molecule has 0 atom stereocenters. The van der Waals surface area contributed by atoms with E-state index in [1.165, 1.54) is 14.7 Å². The lowest BCUT2D eigenvalue weighted by molar-refractivity contribution is -0.344. The molecule has 0 saturated heterocycles. The number of ether oxygens (including phenoxy) is 3. The van der Waals surface area contributed by atoms with Crippen molar-refractivity contribution in [3.63, 3.8) is 0 Å². The Hall–Kier alpha value is -3.33. The summed E-state index contributed by atoms with van der Waals surface area (Å²) in [4.78, 5) is 12.5. The number of aliphatic carboxylic acids is 1. The van der Waals surface area contributed by atoms with Gasteiger partial charge in [-0.3, -0.25) is 0 Å². The molecule has 0 heterocycles. The number of carbonyl (C=O) groups is 1. The lowest BCUT2D eigenvalue weighted by Gasteiger charge is -2.13. The Kier molecular flexibility index (Phi) is 11.4. The highest BCUT2D eigenvalue weighted by Crippen LogP contribution is 2.34. The van der Waals surface area contributed by atoms with Gasteiger partial charge in [-0.2, -0.15) is 13.2 Å². The normalized spacial score (nSPS) is 11.4. The molecule has 9 heteroatoms. The average molecular weight is 551 g/mol. The number of halogens is 3. The maximum Gasteiger partial charge on any atom is 0.430 e. The number of carbonyl (C=O) groups excluding carboxylic acids is 1. The maximum absolute atomic E-state index is 10.5. The number of alkyl halides is 3. The number of hydrogen-bond donors (Lipinski definition) is 0. The van der Waals surface area contributed by atoms with E-state index in [1.54, 1.807) is 0 Å². The minimum atomic E-state index is -5.19. The Bertz CT molecular complexity index is 1000. The predicted octanol–water partition coefficient (Wildman–Crippen LogP) is 6.44. The molecular weight excluding hydrogens is 517 g/mol. The number of benzene rings is 3. The summed E-state index contributed by atoms with van der Waals surface area (Å²) in [6.07, 6.45) is -4.72. The molecule has 0 N–H and O–H groups in total. The van der Waals surface area contributed by atoms with Gasteiger partial charge in [0.25, 0.3) is 0 Å². The first kappa shape index (κ1) is 30.9. The highest BCUT2D eigenvalue weighted by Gasteiger charge is 2.29. The summed E-state index contributed by atoms with van der Waals surface area (Å²) in [5.41, 5.74) is 0. The van der Waals surface area contributed by atoms with Gasteiger partial charge in [-0.05, 0) is 114 Å². The van der Waals surface area contributed by atoms with Crippen LogP contribution in [0.15, 0.2) is 87.5 Å². The molecule has 3 aromatic carbocycles. The van der Waals surface area contributed by atoms with Crippen LogP contribution in [-0.2, 0) is 15.7 Å². The van der Waals surface area contributed by atoms with Gasteiger partial charge in [0, 0.05) is 0 Å². The van der Waals surface area contributed by atoms with Crippen molar-refractivity contribution in [3.8, 4) is 17.2 Å². The van der Waals surface area contributed by atoms with E-state index in [0.717, 1.165) is 17.2 Å². The molecule has 206 valence electrons. The Labute approximate surface area is 224 Å². The summed E-state index contributed by atoms with van der Waals surface area (Å²) >= 11 is 0. The van der Waals surface area contributed by atoms with Crippen LogP contribution in [0.5, 0.6) is 17.2 Å². The molecule has 0 saturated carbocycles. The van der Waals surface area contributed by atoms with Crippen LogP contribution in [0.4, 0.5) is 13.2 Å². The zero-order valence-corrected chi connectivity index (χ0v) is 23.1. The fourth-order valence-corrected chi connectivity index (χ4v) is 5.23. The summed E-state index contributed by atoms with van der Waals surface area (Å²) in [6, 6.07) is 25.3. The molecule has 0 amide bonds. The molecule has 38 heavy (non-hydrogen) atoms. The van der Waals surface area contributed by atoms with E-state index < -0.39 is 12.1 Å². The first-order valence-electron chi connectivity index (χ1n) is 12.1. The zero-order chi connectivity index (χ0) is 28.5. The molecule has 0 radical (unpaired) electrons. The molecule has 0 aliphatic rings. The standard InChI is InChI=1S/C27H33O3S.C2HF3O2/c1-19(2)28-22-7-13-25(14-8-22)31(26-15-9-23(10-16-26)29-20(3)4)27-17-11-24(12-18-27)30-21(5)6;3-2(4,5)1(6)7/h7-21H,1-6H3;(H,6,7)/q+1;/p-1. The van der Waals surface area contributed by atoms with E-state index in [2.05, 4.69) is 72.8 Å². The molecule has 0 aromatic heterocycles. The molecule has 5 nitrogen and oxygen atoms in total. The monoisotopic (exact) mass is 550 g/mol. The Balaban J connectivity index is 0.000000638. The lowest BCUT2D eigenvalue weighted by atomic mass is 10.3. The van der Waals surface area contributed by atoms with Crippen LogP contribution in [0, 0.1) is 0 Å². The summed E-state index contributed by atoms with van der Waals surface area (Å²) in [5.74, 6) is -0.330. The van der Waals surface area contributed by atoms with Gasteiger partial charge in [-0.15, -0.1) is 0 Å². The zero-order valence-electron chi connectivity index (χ0n) is 22.2. The summed E-state index contributed by atoms with van der Waals surface area (Å²) < 4.78 is 49.1. The smallest absolute Gasteiger partial charge is 0.430 e. The number of carboxylic acid groups (broad SMARTS) is 1. The van der Waals surface area contributed by atoms with Crippen LogP contribution in [0.3, 0.4) is 0 Å². The van der Waals surface area contributed by atoms with Crippen molar-refractivity contribution in [2.24, 2.45) is 0 Å². The first-order chi connectivity index (χ1) is 17.8. The van der Waals surface area contributed by atoms with E-state index in [0.29, 0.717) is 0 Å². The van der Waals surface area contributed by atoms with Crippen molar-refractivity contribution < 1.29 is 37.3 Å². The maximum atomic E-state index is 10.5. The molecule has 0 aliphatic heterocycles. The van der Waals surface area contributed by atoms with Crippen LogP contribution in [0.25, 0.3) is 0 Å². The van der Waals surface area contributed by atoms with E-state index in [4.69, 9.17) is 24.1 Å². The lowest BCUT2D eigenvalue weighted by Crippen LogP contribution is -2.37. The van der Waals surface area contributed by atoms with Gasteiger partial charge in [-0.1, -0.05) is 0 Å². The molecule has 3 aromatic rings. The van der Waals surface area contributed by atoms with Crippen molar-refractivity contribution in [3.05, 3.63) is 72.8 Å². The second kappa shape index (κ2) is 14.0. The van der Waals surface area contributed by atoms with Crippen molar-refractivity contribution in [2.45, 2.75) is 80.7 Å². The van der Waals surface area contributed by atoms with E-state index in [-0.39, 0.29) is 29.2 Å². The van der Waals surface area contributed by atoms with E-state index in [9.17, 15) is 13.2 Å². The van der Waals surface area contributed by atoms with Crippen LogP contribution in [0.2, 0.25) is 0 Å². The molecule has 0 fully saturated rings. The topological polar surface area (TPSA) is 67.8 Å². The third kappa shape index (κ3) is 10.2.